The quantitative estimate of drug-likeness (QED) is 0.0851. The zero-order chi connectivity index (χ0) is 36.4. The Morgan fingerprint density at radius 2 is 0.759 bits per heavy atom. The maximum absolute atomic E-state index is 4.50. The molecule has 0 atom stereocenters. The third-order valence-electron chi connectivity index (χ3n) is 10.0. The first kappa shape index (κ1) is 40.3. The van der Waals surface area contributed by atoms with Gasteiger partial charge < -0.3 is 4.57 Å². The normalized spacial score (nSPS) is 13.4. The Morgan fingerprint density at radius 3 is 1.04 bits per heavy atom. The van der Waals surface area contributed by atoms with Gasteiger partial charge in [0.15, 0.2) is 0 Å². The molecule has 8 rings (SSSR count). The van der Waals surface area contributed by atoms with E-state index in [0.29, 0.717) is 0 Å². The maximum Gasteiger partial charge on any atom is 0.146 e. The number of aryl methyl sites for hydroxylation is 1. The number of nitrogens with zero attached hydrogens (tertiary/aromatic N) is 2. The summed E-state index contributed by atoms with van der Waals surface area (Å²) < 4.78 is 2.12. The minimum Gasteiger partial charge on any atom is -0.335 e. The molecule has 0 fully saturated rings. The second-order valence-electron chi connectivity index (χ2n) is 13.4. The summed E-state index contributed by atoms with van der Waals surface area (Å²) in [5, 5.41) is 2.87. The van der Waals surface area contributed by atoms with Gasteiger partial charge in [-0.3, -0.25) is 0 Å². The summed E-state index contributed by atoms with van der Waals surface area (Å²) >= 11 is 0. The Kier molecular flexibility index (Phi) is 16.3. The fraction of sp³-hybridized carbons (Fsp3) is 0.122. The summed E-state index contributed by atoms with van der Waals surface area (Å²) in [4.78, 5) is 4.50. The van der Waals surface area contributed by atoms with Crippen LogP contribution in [0, 0.1) is 0 Å². The van der Waals surface area contributed by atoms with Crippen molar-refractivity contribution in [1.82, 2.24) is 9.55 Å². The van der Waals surface area contributed by atoms with Crippen molar-refractivity contribution < 1.29 is 20.1 Å². The Labute approximate surface area is 337 Å². The fourth-order valence-electron chi connectivity index (χ4n) is 7.35. The van der Waals surface area contributed by atoms with Crippen LogP contribution in [-0.2, 0) is 33.3 Å². The van der Waals surface area contributed by atoms with Crippen LogP contribution in [0.15, 0.2) is 219 Å². The summed E-state index contributed by atoms with van der Waals surface area (Å²) in [5.41, 5.74) is 5.36. The summed E-state index contributed by atoms with van der Waals surface area (Å²) in [6.45, 7) is 0. The van der Waals surface area contributed by atoms with Crippen LogP contribution in [0.4, 0.5) is 0 Å². The van der Waals surface area contributed by atoms with Crippen LogP contribution in [0.3, 0.4) is 0 Å². The third kappa shape index (κ3) is 10.6. The number of hydrogen-bond acceptors (Lipinski definition) is 1. The van der Waals surface area contributed by atoms with Gasteiger partial charge in [0.1, 0.15) is 18.1 Å². The van der Waals surface area contributed by atoms with Crippen molar-refractivity contribution in [3.8, 4) is 0 Å². The summed E-state index contributed by atoms with van der Waals surface area (Å²) in [6.07, 6.45) is 17.7. The van der Waals surface area contributed by atoms with E-state index in [9.17, 15) is 0 Å². The predicted octanol–water partition coefficient (Wildman–Crippen LogP) is 8.52. The van der Waals surface area contributed by atoms with Crippen molar-refractivity contribution in [3.63, 3.8) is 0 Å². The van der Waals surface area contributed by atoms with Gasteiger partial charge in [-0.2, -0.15) is 21.9 Å². The van der Waals surface area contributed by atoms with Gasteiger partial charge in [-0.15, -0.1) is 0 Å². The SMILES string of the molecule is C1=C\CC/C=C\CC/1.Cn1ccnc1C[PH+](c1ccccc1)c1ccccc1.[Ir].c1ccc([B-](c2ccccc2)(c2ccccc2)c2ccccc2)cc1. The molecule has 1 aliphatic rings. The predicted molar refractivity (Wildman–Crippen MR) is 234 cm³/mol. The number of rotatable bonds is 8. The van der Waals surface area contributed by atoms with Gasteiger partial charge in [-0.25, -0.2) is 4.98 Å². The molecule has 7 aromatic rings. The summed E-state index contributed by atoms with van der Waals surface area (Å²) in [5.74, 6) is 1.16. The molecule has 6 aromatic carbocycles. The van der Waals surface area contributed by atoms with Crippen LogP contribution in [0.25, 0.3) is 0 Å². The van der Waals surface area contributed by atoms with Crippen molar-refractivity contribution in [2.24, 2.45) is 7.05 Å². The molecule has 1 radical (unpaired) electrons. The molecule has 0 aliphatic heterocycles. The van der Waals surface area contributed by atoms with E-state index in [1.807, 2.05) is 12.4 Å². The van der Waals surface area contributed by atoms with Crippen molar-refractivity contribution in [2.75, 3.05) is 0 Å². The van der Waals surface area contributed by atoms with Gasteiger partial charge in [0, 0.05) is 39.5 Å². The first-order valence-corrected chi connectivity index (χ1v) is 20.6. The van der Waals surface area contributed by atoms with Crippen LogP contribution >= 0.6 is 7.92 Å². The second-order valence-corrected chi connectivity index (χ2v) is 15.9. The first-order valence-electron chi connectivity index (χ1n) is 18.9. The second kappa shape index (κ2) is 21.8. The van der Waals surface area contributed by atoms with Gasteiger partial charge in [0.05, 0.1) is 18.5 Å². The van der Waals surface area contributed by atoms with Gasteiger partial charge in [-0.05, 0) is 49.9 Å². The van der Waals surface area contributed by atoms with Crippen molar-refractivity contribution >= 4 is 46.5 Å². The van der Waals surface area contributed by atoms with Crippen LogP contribution in [0.5, 0.6) is 0 Å². The molecular weight excluding hydrogens is 851 g/mol. The molecule has 1 aliphatic carbocycles. The molecule has 0 amide bonds. The maximum atomic E-state index is 4.50. The van der Waals surface area contributed by atoms with Crippen LogP contribution in [0.1, 0.15) is 31.5 Å². The molecule has 0 N–H and O–H groups in total. The average Bonchev–Trinajstić information content (AvgIpc) is 3.63. The molecule has 54 heavy (non-hydrogen) atoms. The van der Waals surface area contributed by atoms with E-state index in [1.54, 1.807) is 0 Å². The van der Waals surface area contributed by atoms with Crippen molar-refractivity contribution in [3.05, 3.63) is 225 Å². The van der Waals surface area contributed by atoms with E-state index in [2.05, 4.69) is 223 Å². The molecular formula is C49H50BIrN2P. The summed E-state index contributed by atoms with van der Waals surface area (Å²) in [6, 6.07) is 65.1. The minimum atomic E-state index is -1.22. The van der Waals surface area contributed by atoms with E-state index in [-0.39, 0.29) is 20.1 Å². The Hall–Kier alpha value is -4.85. The monoisotopic (exact) mass is 901 g/mol. The van der Waals surface area contributed by atoms with E-state index < -0.39 is 14.1 Å². The molecule has 0 spiro atoms. The van der Waals surface area contributed by atoms with Gasteiger partial charge in [0.25, 0.3) is 0 Å². The smallest absolute Gasteiger partial charge is 0.146 e. The van der Waals surface area contributed by atoms with Gasteiger partial charge >= 0.3 is 0 Å². The van der Waals surface area contributed by atoms with E-state index in [4.69, 9.17) is 0 Å². The number of benzene rings is 6. The number of allylic oxidation sites excluding steroid dienone is 4. The minimum absolute atomic E-state index is 0. The standard InChI is InChI=1S/C24H20B.C17H17N2P.C8H12.Ir/c1-5-13-21(14-6-1)25(22-15-7-2-8-16-22,23-17-9-3-10-18-23)24-19-11-4-12-20-24;1-19-13-12-18-17(19)14-20(15-8-4-2-5-9-15)16-10-6-3-7-11-16;1-2-4-6-8-7-5-3-1;/h1-20H;2-13H,14H2,1H3;1-2,7-8H,3-6H2;/q-1;;;/p+1/b;;2-1-,8-7-;. The van der Waals surface area contributed by atoms with Crippen molar-refractivity contribution in [2.45, 2.75) is 31.8 Å². The topological polar surface area (TPSA) is 17.8 Å². The molecule has 1 heterocycles. The first-order chi connectivity index (χ1) is 26.3. The van der Waals surface area contributed by atoms with Gasteiger partial charge in [0.2, 0.25) is 0 Å². The molecule has 2 nitrogen and oxygen atoms in total. The van der Waals surface area contributed by atoms with Crippen LogP contribution < -0.4 is 32.5 Å². The zero-order valence-electron chi connectivity index (χ0n) is 31.1. The van der Waals surface area contributed by atoms with E-state index >= 15 is 0 Å². The molecule has 0 saturated heterocycles. The Balaban J connectivity index is 0.000000173. The molecule has 0 saturated carbocycles. The van der Waals surface area contributed by atoms with E-state index in [1.165, 1.54) is 58.1 Å². The number of aromatic nitrogens is 2. The molecule has 1 aromatic heterocycles. The van der Waals surface area contributed by atoms with Crippen LogP contribution in [0.2, 0.25) is 0 Å². The molecule has 0 unspecified atom stereocenters. The zero-order valence-corrected chi connectivity index (χ0v) is 34.5. The van der Waals surface area contributed by atoms with Crippen molar-refractivity contribution in [1.29, 1.82) is 0 Å². The Bertz CT molecular complexity index is 1880. The fourth-order valence-corrected chi connectivity index (χ4v) is 9.94. The third-order valence-corrected chi connectivity index (χ3v) is 12.8. The molecule has 5 heteroatoms. The molecule has 0 bridgehead atoms. The number of hydrogen-bond donors (Lipinski definition) is 0. The van der Waals surface area contributed by atoms with Gasteiger partial charge in [-0.1, -0.05) is 182 Å². The Morgan fingerprint density at radius 1 is 0.463 bits per heavy atom. The largest absolute Gasteiger partial charge is 0.335 e. The summed E-state index contributed by atoms with van der Waals surface area (Å²) in [7, 11) is 1.24. The van der Waals surface area contributed by atoms with E-state index in [0.717, 1.165) is 12.0 Å². The number of imidazole rings is 1. The molecule has 273 valence electrons. The van der Waals surface area contributed by atoms with Crippen LogP contribution in [-0.4, -0.2) is 15.7 Å². The average molecular weight is 901 g/mol.